The highest BCUT2D eigenvalue weighted by molar-refractivity contribution is 7.16. The van der Waals surface area contributed by atoms with Crippen LogP contribution in [0.5, 0.6) is 0 Å². The molecule has 1 atom stereocenters. The second kappa shape index (κ2) is 6.47. The van der Waals surface area contributed by atoms with Crippen LogP contribution in [0.2, 0.25) is 0 Å². The number of anilines is 1. The molecule has 0 aliphatic rings. The Labute approximate surface area is 124 Å². The lowest BCUT2D eigenvalue weighted by Gasteiger charge is -2.25. The summed E-state index contributed by atoms with van der Waals surface area (Å²) in [7, 11) is 2.12. The van der Waals surface area contributed by atoms with Crippen LogP contribution in [0.25, 0.3) is 10.2 Å². The predicted molar refractivity (Wildman–Crippen MR) is 85.6 cm³/mol. The molecule has 20 heavy (non-hydrogen) atoms. The molecule has 0 spiro atoms. The molecular formula is C14H23N5S. The molecule has 0 fully saturated rings. The summed E-state index contributed by atoms with van der Waals surface area (Å²) < 4.78 is 0. The normalized spacial score (nSPS) is 13.3. The molecule has 2 aromatic rings. The van der Waals surface area contributed by atoms with Gasteiger partial charge in [0.15, 0.2) is 5.82 Å². The molecule has 3 N–H and O–H groups in total. The van der Waals surface area contributed by atoms with Gasteiger partial charge in [0.05, 0.1) is 11.9 Å². The zero-order valence-corrected chi connectivity index (χ0v) is 13.4. The van der Waals surface area contributed by atoms with E-state index in [1.54, 1.807) is 11.3 Å². The van der Waals surface area contributed by atoms with Gasteiger partial charge in [-0.25, -0.2) is 15.8 Å². The second-order valence-corrected chi connectivity index (χ2v) is 6.56. The number of nitrogens with zero attached hydrogens (tertiary/aromatic N) is 3. The topological polar surface area (TPSA) is 67.1 Å². The van der Waals surface area contributed by atoms with E-state index in [9.17, 15) is 0 Å². The number of nitrogens with two attached hydrogens (primary N) is 1. The maximum atomic E-state index is 5.55. The molecule has 0 aromatic carbocycles. The van der Waals surface area contributed by atoms with Crippen LogP contribution in [0, 0.1) is 5.92 Å². The average Bonchev–Trinajstić information content (AvgIpc) is 2.85. The Hall–Kier alpha value is -1.24. The minimum atomic E-state index is 0.506. The van der Waals surface area contributed by atoms with Crippen LogP contribution in [0.4, 0.5) is 5.82 Å². The highest BCUT2D eigenvalue weighted by Gasteiger charge is 2.14. The van der Waals surface area contributed by atoms with E-state index in [1.165, 1.54) is 6.42 Å². The van der Waals surface area contributed by atoms with E-state index in [1.807, 2.05) is 11.4 Å². The van der Waals surface area contributed by atoms with Gasteiger partial charge < -0.3 is 5.43 Å². The lowest BCUT2D eigenvalue weighted by molar-refractivity contribution is 0.216. The summed E-state index contributed by atoms with van der Waals surface area (Å²) >= 11 is 1.61. The zero-order valence-electron chi connectivity index (χ0n) is 12.6. The summed E-state index contributed by atoms with van der Waals surface area (Å²) in [5.41, 5.74) is 2.67. The Morgan fingerprint density at radius 3 is 2.75 bits per heavy atom. The number of nitrogens with one attached hydrogen (secondary N) is 1. The molecule has 0 saturated carbocycles. The molecule has 0 aliphatic carbocycles. The monoisotopic (exact) mass is 293 g/mol. The molecule has 2 heterocycles. The van der Waals surface area contributed by atoms with E-state index < -0.39 is 0 Å². The lowest BCUT2D eigenvalue weighted by atomic mass is 10.0. The van der Waals surface area contributed by atoms with Gasteiger partial charge in [-0.3, -0.25) is 4.90 Å². The molecule has 0 aliphatic heterocycles. The van der Waals surface area contributed by atoms with E-state index in [0.717, 1.165) is 22.6 Å². The van der Waals surface area contributed by atoms with Gasteiger partial charge in [0.2, 0.25) is 0 Å². The average molecular weight is 293 g/mol. The first-order chi connectivity index (χ1) is 9.51. The number of thiophene rings is 1. The first-order valence-electron chi connectivity index (χ1n) is 6.92. The van der Waals surface area contributed by atoms with Crippen molar-refractivity contribution in [2.24, 2.45) is 11.8 Å². The van der Waals surface area contributed by atoms with Crippen molar-refractivity contribution in [2.45, 2.75) is 39.8 Å². The van der Waals surface area contributed by atoms with Gasteiger partial charge in [-0.1, -0.05) is 13.8 Å². The van der Waals surface area contributed by atoms with Crippen molar-refractivity contribution in [3.63, 3.8) is 0 Å². The fourth-order valence-corrected chi connectivity index (χ4v) is 3.10. The van der Waals surface area contributed by atoms with E-state index >= 15 is 0 Å². The number of aromatic nitrogens is 2. The first-order valence-corrected chi connectivity index (χ1v) is 7.80. The van der Waals surface area contributed by atoms with Crippen LogP contribution < -0.4 is 11.3 Å². The van der Waals surface area contributed by atoms with Gasteiger partial charge in [0.25, 0.3) is 0 Å². The third kappa shape index (κ3) is 3.45. The van der Waals surface area contributed by atoms with Crippen molar-refractivity contribution in [1.29, 1.82) is 0 Å². The molecule has 1 unspecified atom stereocenters. The molecule has 0 saturated heterocycles. The second-order valence-electron chi connectivity index (χ2n) is 5.67. The van der Waals surface area contributed by atoms with Gasteiger partial charge in [-0.15, -0.1) is 11.3 Å². The molecule has 0 amide bonds. The van der Waals surface area contributed by atoms with Crippen molar-refractivity contribution in [3.05, 3.63) is 17.3 Å². The smallest absolute Gasteiger partial charge is 0.152 e. The highest BCUT2D eigenvalue weighted by Crippen LogP contribution is 2.25. The Bertz CT molecular complexity index is 566. The number of rotatable bonds is 6. The van der Waals surface area contributed by atoms with Gasteiger partial charge in [-0.05, 0) is 37.8 Å². The van der Waals surface area contributed by atoms with Gasteiger partial charge in [0, 0.05) is 6.04 Å². The largest absolute Gasteiger partial charge is 0.308 e. The van der Waals surface area contributed by atoms with Crippen molar-refractivity contribution >= 4 is 27.4 Å². The summed E-state index contributed by atoms with van der Waals surface area (Å²) in [6, 6.07) is 2.50. The SMILES string of the molecule is CC(C)CC(C)N(C)Cc1nc(NN)c2ccsc2n1. The fraction of sp³-hybridized carbons (Fsp3) is 0.571. The Kier molecular flexibility index (Phi) is 4.91. The Morgan fingerprint density at radius 1 is 1.35 bits per heavy atom. The lowest BCUT2D eigenvalue weighted by Crippen LogP contribution is -2.30. The summed E-state index contributed by atoms with van der Waals surface area (Å²) in [5, 5.41) is 2.99. The van der Waals surface area contributed by atoms with Crippen LogP contribution in [0.1, 0.15) is 33.0 Å². The third-order valence-corrected chi connectivity index (χ3v) is 4.27. The quantitative estimate of drug-likeness (QED) is 0.633. The minimum absolute atomic E-state index is 0.506. The van der Waals surface area contributed by atoms with E-state index in [4.69, 9.17) is 5.84 Å². The molecule has 0 bridgehead atoms. The van der Waals surface area contributed by atoms with Crippen molar-refractivity contribution in [2.75, 3.05) is 12.5 Å². The number of hydrogen-bond donors (Lipinski definition) is 2. The van der Waals surface area contributed by atoms with Crippen LogP contribution in [-0.4, -0.2) is 28.0 Å². The molecular weight excluding hydrogens is 270 g/mol. The van der Waals surface area contributed by atoms with Crippen molar-refractivity contribution < 1.29 is 0 Å². The highest BCUT2D eigenvalue weighted by atomic mass is 32.1. The number of fused-ring (bicyclic) bond motifs is 1. The molecule has 110 valence electrons. The van der Waals surface area contributed by atoms with E-state index in [0.29, 0.717) is 17.8 Å². The van der Waals surface area contributed by atoms with Crippen LogP contribution >= 0.6 is 11.3 Å². The molecule has 5 nitrogen and oxygen atoms in total. The zero-order chi connectivity index (χ0) is 14.7. The summed E-state index contributed by atoms with van der Waals surface area (Å²) in [5.74, 6) is 7.76. The minimum Gasteiger partial charge on any atom is -0.308 e. The molecule has 2 rings (SSSR count). The number of nitrogen functional groups attached to an aromatic ring is 1. The Morgan fingerprint density at radius 2 is 2.10 bits per heavy atom. The van der Waals surface area contributed by atoms with E-state index in [2.05, 4.69) is 48.1 Å². The molecule has 6 heteroatoms. The van der Waals surface area contributed by atoms with Gasteiger partial charge in [-0.2, -0.15) is 0 Å². The van der Waals surface area contributed by atoms with Crippen molar-refractivity contribution in [3.8, 4) is 0 Å². The van der Waals surface area contributed by atoms with Crippen LogP contribution in [0.3, 0.4) is 0 Å². The third-order valence-electron chi connectivity index (χ3n) is 3.46. The number of hydrogen-bond acceptors (Lipinski definition) is 6. The van der Waals surface area contributed by atoms with Crippen molar-refractivity contribution in [1.82, 2.24) is 14.9 Å². The van der Waals surface area contributed by atoms with Gasteiger partial charge >= 0.3 is 0 Å². The summed E-state index contributed by atoms with van der Waals surface area (Å²) in [6.45, 7) is 7.46. The summed E-state index contributed by atoms with van der Waals surface area (Å²) in [4.78, 5) is 12.4. The fourth-order valence-electron chi connectivity index (χ4n) is 2.32. The predicted octanol–water partition coefficient (Wildman–Crippen LogP) is 2.84. The molecule has 2 aromatic heterocycles. The molecule has 0 radical (unpaired) electrons. The van der Waals surface area contributed by atoms with Crippen LogP contribution in [0.15, 0.2) is 11.4 Å². The maximum absolute atomic E-state index is 5.55. The van der Waals surface area contributed by atoms with Crippen LogP contribution in [-0.2, 0) is 6.54 Å². The standard InChI is InChI=1S/C14H23N5S/c1-9(2)7-10(3)19(4)8-12-16-13(18-15)11-5-6-20-14(11)17-12/h5-6,9-10H,7-8,15H2,1-4H3,(H,16,17,18). The first kappa shape index (κ1) is 15.2. The number of hydrazine groups is 1. The maximum Gasteiger partial charge on any atom is 0.152 e. The van der Waals surface area contributed by atoms with E-state index in [-0.39, 0.29) is 0 Å². The summed E-state index contributed by atoms with van der Waals surface area (Å²) in [6.07, 6.45) is 1.17. The van der Waals surface area contributed by atoms with Gasteiger partial charge in [0.1, 0.15) is 10.7 Å². The Balaban J connectivity index is 2.16.